The highest BCUT2D eigenvalue weighted by atomic mass is 35.5. The van der Waals surface area contributed by atoms with Crippen LogP contribution in [0.2, 0.25) is 5.02 Å². The standard InChI is InChI=1S/C24H21ClN2O4/c1-16-7-9-18(10-8-16)23(30)22-20(25)11-13-27(22)12-3-5-17-4-2-6-19(14-17)24(31)26-15-21(28)29/h2-11,13-14H,12,15H2,1H3,(H,26,31)(H,28,29)/b5-3+. The second-order valence-electron chi connectivity index (χ2n) is 6.96. The van der Waals surface area contributed by atoms with E-state index in [1.807, 2.05) is 37.3 Å². The Morgan fingerprint density at radius 3 is 2.52 bits per heavy atom. The summed E-state index contributed by atoms with van der Waals surface area (Å²) in [5.41, 5.74) is 3.18. The fourth-order valence-corrected chi connectivity index (χ4v) is 3.27. The van der Waals surface area contributed by atoms with Crippen molar-refractivity contribution in [2.24, 2.45) is 0 Å². The number of nitrogens with one attached hydrogen (secondary N) is 1. The van der Waals surface area contributed by atoms with Crippen LogP contribution in [0.25, 0.3) is 6.08 Å². The summed E-state index contributed by atoms with van der Waals surface area (Å²) in [5.74, 6) is -1.72. The first kappa shape index (κ1) is 22.1. The lowest BCUT2D eigenvalue weighted by molar-refractivity contribution is -0.135. The van der Waals surface area contributed by atoms with Gasteiger partial charge in [0.2, 0.25) is 5.78 Å². The van der Waals surface area contributed by atoms with E-state index in [0.717, 1.165) is 11.1 Å². The topological polar surface area (TPSA) is 88.4 Å². The number of carbonyl (C=O) groups is 3. The van der Waals surface area contributed by atoms with Crippen molar-refractivity contribution in [1.82, 2.24) is 9.88 Å². The maximum Gasteiger partial charge on any atom is 0.322 e. The third kappa shape index (κ3) is 5.71. The number of ketones is 1. The molecule has 0 atom stereocenters. The minimum Gasteiger partial charge on any atom is -0.480 e. The van der Waals surface area contributed by atoms with Crippen molar-refractivity contribution in [2.45, 2.75) is 13.5 Å². The second-order valence-corrected chi connectivity index (χ2v) is 7.37. The molecule has 3 rings (SSSR count). The highest BCUT2D eigenvalue weighted by Crippen LogP contribution is 2.22. The number of amides is 1. The molecule has 158 valence electrons. The van der Waals surface area contributed by atoms with Crippen LogP contribution >= 0.6 is 11.6 Å². The van der Waals surface area contributed by atoms with Crippen LogP contribution in [0.3, 0.4) is 0 Å². The van der Waals surface area contributed by atoms with Crippen molar-refractivity contribution in [3.63, 3.8) is 0 Å². The predicted molar refractivity (Wildman–Crippen MR) is 119 cm³/mol. The van der Waals surface area contributed by atoms with Crippen molar-refractivity contribution in [1.29, 1.82) is 0 Å². The van der Waals surface area contributed by atoms with E-state index in [1.54, 1.807) is 47.2 Å². The molecule has 2 aromatic carbocycles. The maximum absolute atomic E-state index is 12.9. The molecule has 3 aromatic rings. The molecule has 0 radical (unpaired) electrons. The van der Waals surface area contributed by atoms with Crippen molar-refractivity contribution >= 4 is 35.3 Å². The average Bonchev–Trinajstić information content (AvgIpc) is 3.12. The van der Waals surface area contributed by atoms with Crippen molar-refractivity contribution in [3.8, 4) is 0 Å². The summed E-state index contributed by atoms with van der Waals surface area (Å²) in [6.45, 7) is 1.93. The van der Waals surface area contributed by atoms with Crippen LogP contribution in [0.15, 0.2) is 66.9 Å². The lowest BCUT2D eigenvalue weighted by Gasteiger charge is -2.08. The molecule has 1 amide bonds. The van der Waals surface area contributed by atoms with E-state index in [0.29, 0.717) is 28.4 Å². The molecule has 1 aromatic heterocycles. The molecule has 1 heterocycles. The Kier molecular flexibility index (Phi) is 7.05. The largest absolute Gasteiger partial charge is 0.480 e. The summed E-state index contributed by atoms with van der Waals surface area (Å²) in [5, 5.41) is 11.4. The molecule has 0 fully saturated rings. The molecular formula is C24H21ClN2O4. The Labute approximate surface area is 184 Å². The number of halogens is 1. The smallest absolute Gasteiger partial charge is 0.322 e. The van der Waals surface area contributed by atoms with Crippen molar-refractivity contribution < 1.29 is 19.5 Å². The first-order valence-corrected chi connectivity index (χ1v) is 9.95. The predicted octanol–water partition coefficient (Wildman–Crippen LogP) is 4.21. The number of aromatic nitrogens is 1. The molecule has 2 N–H and O–H groups in total. The minimum absolute atomic E-state index is 0.152. The zero-order chi connectivity index (χ0) is 22.4. The number of hydrogen-bond acceptors (Lipinski definition) is 3. The normalized spacial score (nSPS) is 10.9. The molecule has 0 unspecified atom stereocenters. The van der Waals surface area contributed by atoms with Crippen LogP contribution in [-0.2, 0) is 11.3 Å². The summed E-state index contributed by atoms with van der Waals surface area (Å²) in [6.07, 6.45) is 5.43. The van der Waals surface area contributed by atoms with E-state index >= 15 is 0 Å². The number of aliphatic carboxylic acids is 1. The van der Waals surface area contributed by atoms with Gasteiger partial charge in [0.25, 0.3) is 5.91 Å². The van der Waals surface area contributed by atoms with E-state index in [1.165, 1.54) is 0 Å². The Morgan fingerprint density at radius 1 is 1.06 bits per heavy atom. The van der Waals surface area contributed by atoms with Gasteiger partial charge in [-0.05, 0) is 30.7 Å². The van der Waals surface area contributed by atoms with Gasteiger partial charge in [0.15, 0.2) is 0 Å². The monoisotopic (exact) mass is 436 g/mol. The Bertz CT molecular complexity index is 1150. The van der Waals surface area contributed by atoms with E-state index in [2.05, 4.69) is 5.32 Å². The number of benzene rings is 2. The molecule has 6 nitrogen and oxygen atoms in total. The summed E-state index contributed by atoms with van der Waals surface area (Å²) in [4.78, 5) is 35.5. The van der Waals surface area contributed by atoms with Gasteiger partial charge in [0.05, 0.1) is 5.02 Å². The first-order chi connectivity index (χ1) is 14.8. The summed E-state index contributed by atoms with van der Waals surface area (Å²) in [7, 11) is 0. The summed E-state index contributed by atoms with van der Waals surface area (Å²) >= 11 is 6.27. The highest BCUT2D eigenvalue weighted by molar-refractivity contribution is 6.34. The fourth-order valence-electron chi connectivity index (χ4n) is 3.02. The number of nitrogens with zero attached hydrogens (tertiary/aromatic N) is 1. The van der Waals surface area contributed by atoms with Gasteiger partial charge in [-0.3, -0.25) is 14.4 Å². The zero-order valence-corrected chi connectivity index (χ0v) is 17.6. The van der Waals surface area contributed by atoms with Gasteiger partial charge < -0.3 is 15.0 Å². The van der Waals surface area contributed by atoms with Gasteiger partial charge in [-0.25, -0.2) is 0 Å². The molecule has 0 saturated carbocycles. The van der Waals surface area contributed by atoms with Gasteiger partial charge in [0, 0.05) is 23.9 Å². The number of aryl methyl sites for hydroxylation is 1. The lowest BCUT2D eigenvalue weighted by atomic mass is 10.1. The molecule has 31 heavy (non-hydrogen) atoms. The van der Waals surface area contributed by atoms with Crippen molar-refractivity contribution in [3.05, 3.63) is 99.8 Å². The Hall–Kier alpha value is -3.64. The Morgan fingerprint density at radius 2 is 1.81 bits per heavy atom. The number of carboxylic acid groups (broad SMARTS) is 1. The molecule has 0 spiro atoms. The van der Waals surface area contributed by atoms with Crippen LogP contribution in [0, 0.1) is 6.92 Å². The third-order valence-electron chi connectivity index (χ3n) is 4.60. The molecular weight excluding hydrogens is 416 g/mol. The molecule has 0 saturated heterocycles. The fraction of sp³-hybridized carbons (Fsp3) is 0.125. The maximum atomic E-state index is 12.9. The number of carbonyl (C=O) groups excluding carboxylic acids is 2. The zero-order valence-electron chi connectivity index (χ0n) is 16.8. The number of carboxylic acids is 1. The summed E-state index contributed by atoms with van der Waals surface area (Å²) in [6, 6.07) is 15.8. The molecule has 0 bridgehead atoms. The van der Waals surface area contributed by atoms with Crippen molar-refractivity contribution in [2.75, 3.05) is 6.54 Å². The second kappa shape index (κ2) is 9.91. The van der Waals surface area contributed by atoms with E-state index in [-0.39, 0.29) is 5.78 Å². The van der Waals surface area contributed by atoms with Gasteiger partial charge in [-0.15, -0.1) is 0 Å². The SMILES string of the molecule is Cc1ccc(C(=O)c2c(Cl)ccn2C/C=C/c2cccc(C(=O)NCC(=O)O)c2)cc1. The van der Waals surface area contributed by atoms with E-state index < -0.39 is 18.4 Å². The van der Waals surface area contributed by atoms with Gasteiger partial charge in [-0.2, -0.15) is 0 Å². The summed E-state index contributed by atoms with van der Waals surface area (Å²) < 4.78 is 1.77. The number of hydrogen-bond donors (Lipinski definition) is 2. The number of rotatable bonds is 8. The first-order valence-electron chi connectivity index (χ1n) is 9.58. The minimum atomic E-state index is -1.11. The third-order valence-corrected chi connectivity index (χ3v) is 4.91. The lowest BCUT2D eigenvalue weighted by Crippen LogP contribution is -2.29. The van der Waals surface area contributed by atoms with Crippen LogP contribution in [0.4, 0.5) is 0 Å². The molecule has 7 heteroatoms. The van der Waals surface area contributed by atoms with Gasteiger partial charge in [-0.1, -0.05) is 65.7 Å². The Balaban J connectivity index is 1.73. The van der Waals surface area contributed by atoms with Gasteiger partial charge in [0.1, 0.15) is 12.2 Å². The van der Waals surface area contributed by atoms with Gasteiger partial charge >= 0.3 is 5.97 Å². The molecule has 0 aliphatic carbocycles. The van der Waals surface area contributed by atoms with Crippen LogP contribution < -0.4 is 5.32 Å². The van der Waals surface area contributed by atoms with E-state index in [9.17, 15) is 14.4 Å². The molecule has 0 aliphatic rings. The van der Waals surface area contributed by atoms with Crippen LogP contribution in [0.5, 0.6) is 0 Å². The number of allylic oxidation sites excluding steroid dienone is 1. The quantitative estimate of drug-likeness (QED) is 0.518. The highest BCUT2D eigenvalue weighted by Gasteiger charge is 2.17. The molecule has 0 aliphatic heterocycles. The van der Waals surface area contributed by atoms with E-state index in [4.69, 9.17) is 16.7 Å². The average molecular weight is 437 g/mol. The van der Waals surface area contributed by atoms with Crippen LogP contribution in [-0.4, -0.2) is 33.9 Å². The van der Waals surface area contributed by atoms with Crippen LogP contribution in [0.1, 0.15) is 37.5 Å².